The third-order valence-corrected chi connectivity index (χ3v) is 4.50. The number of nitrogens with one attached hydrogen (secondary N) is 1. The normalized spacial score (nSPS) is 10.6. The quantitative estimate of drug-likeness (QED) is 0.462. The first kappa shape index (κ1) is 19.4. The van der Waals surface area contributed by atoms with Crippen LogP contribution in [0.3, 0.4) is 0 Å². The Bertz CT molecular complexity index is 1130. The number of ether oxygens (including phenoxy) is 1. The van der Waals surface area contributed by atoms with Crippen LogP contribution in [0.2, 0.25) is 0 Å². The number of benzene rings is 3. The standard InChI is InChI=1S/C24H19FN2O3/c1-16-2-6-18(7-3-16)23-14-22(27-30-23)24(28)26-15-17-4-10-20(11-5-17)29-21-12-8-19(25)9-13-21/h2-14H,15H2,1H3,(H,26,28). The van der Waals surface area contributed by atoms with E-state index in [2.05, 4.69) is 10.5 Å². The molecule has 0 atom stereocenters. The Morgan fingerprint density at radius 3 is 2.27 bits per heavy atom. The Morgan fingerprint density at radius 1 is 0.967 bits per heavy atom. The summed E-state index contributed by atoms with van der Waals surface area (Å²) in [7, 11) is 0. The van der Waals surface area contributed by atoms with Crippen LogP contribution in [-0.4, -0.2) is 11.1 Å². The lowest BCUT2D eigenvalue weighted by molar-refractivity contribution is 0.0942. The van der Waals surface area contributed by atoms with Gasteiger partial charge < -0.3 is 14.6 Å². The van der Waals surface area contributed by atoms with Crippen molar-refractivity contribution < 1.29 is 18.4 Å². The molecular weight excluding hydrogens is 383 g/mol. The fourth-order valence-electron chi connectivity index (χ4n) is 2.82. The molecule has 0 aliphatic carbocycles. The maximum Gasteiger partial charge on any atom is 0.273 e. The van der Waals surface area contributed by atoms with Gasteiger partial charge in [-0.05, 0) is 48.9 Å². The summed E-state index contributed by atoms with van der Waals surface area (Å²) >= 11 is 0. The van der Waals surface area contributed by atoms with E-state index in [1.807, 2.05) is 43.3 Å². The summed E-state index contributed by atoms with van der Waals surface area (Å²) in [6.45, 7) is 2.34. The van der Waals surface area contributed by atoms with E-state index in [4.69, 9.17) is 9.26 Å². The summed E-state index contributed by atoms with van der Waals surface area (Å²) in [4.78, 5) is 12.4. The molecule has 6 heteroatoms. The van der Waals surface area contributed by atoms with Crippen LogP contribution >= 0.6 is 0 Å². The van der Waals surface area contributed by atoms with Crippen molar-refractivity contribution in [3.8, 4) is 22.8 Å². The first-order chi connectivity index (χ1) is 14.6. The van der Waals surface area contributed by atoms with Gasteiger partial charge in [0.25, 0.3) is 5.91 Å². The van der Waals surface area contributed by atoms with Crippen LogP contribution < -0.4 is 10.1 Å². The average Bonchev–Trinajstić information content (AvgIpc) is 3.25. The monoisotopic (exact) mass is 402 g/mol. The molecule has 3 aromatic carbocycles. The Hall–Kier alpha value is -3.93. The largest absolute Gasteiger partial charge is 0.457 e. The molecule has 1 aromatic heterocycles. The molecule has 0 bridgehead atoms. The van der Waals surface area contributed by atoms with Crippen molar-refractivity contribution in [1.82, 2.24) is 10.5 Å². The van der Waals surface area contributed by atoms with E-state index in [0.29, 0.717) is 23.8 Å². The van der Waals surface area contributed by atoms with Gasteiger partial charge in [-0.3, -0.25) is 4.79 Å². The van der Waals surface area contributed by atoms with Gasteiger partial charge in [-0.1, -0.05) is 47.1 Å². The highest BCUT2D eigenvalue weighted by Crippen LogP contribution is 2.22. The molecule has 150 valence electrons. The summed E-state index contributed by atoms with van der Waals surface area (Å²) in [6, 6.07) is 22.5. The zero-order valence-electron chi connectivity index (χ0n) is 16.3. The van der Waals surface area contributed by atoms with Crippen molar-refractivity contribution >= 4 is 5.91 Å². The van der Waals surface area contributed by atoms with E-state index in [1.54, 1.807) is 30.3 Å². The minimum Gasteiger partial charge on any atom is -0.457 e. The van der Waals surface area contributed by atoms with Crippen LogP contribution in [0.25, 0.3) is 11.3 Å². The van der Waals surface area contributed by atoms with Gasteiger partial charge in [0.1, 0.15) is 17.3 Å². The SMILES string of the molecule is Cc1ccc(-c2cc(C(=O)NCc3ccc(Oc4ccc(F)cc4)cc3)no2)cc1. The summed E-state index contributed by atoms with van der Waals surface area (Å²) < 4.78 is 23.9. The molecule has 0 saturated carbocycles. The fraction of sp³-hybridized carbons (Fsp3) is 0.0833. The molecule has 4 rings (SSSR count). The van der Waals surface area contributed by atoms with Crippen molar-refractivity contribution in [2.45, 2.75) is 13.5 Å². The van der Waals surface area contributed by atoms with Gasteiger partial charge in [0.2, 0.25) is 0 Å². The number of aryl methyl sites for hydroxylation is 1. The Balaban J connectivity index is 1.33. The molecule has 30 heavy (non-hydrogen) atoms. The smallest absolute Gasteiger partial charge is 0.273 e. The lowest BCUT2D eigenvalue weighted by Gasteiger charge is -2.07. The second kappa shape index (κ2) is 8.61. The molecule has 0 aliphatic rings. The van der Waals surface area contributed by atoms with Gasteiger partial charge in [0, 0.05) is 18.2 Å². The zero-order chi connectivity index (χ0) is 20.9. The lowest BCUT2D eigenvalue weighted by Crippen LogP contribution is -2.22. The van der Waals surface area contributed by atoms with Crippen LogP contribution in [0.1, 0.15) is 21.6 Å². The number of halogens is 1. The molecule has 0 radical (unpaired) electrons. The maximum absolute atomic E-state index is 13.0. The van der Waals surface area contributed by atoms with Crippen molar-refractivity contribution in [3.63, 3.8) is 0 Å². The summed E-state index contributed by atoms with van der Waals surface area (Å²) in [5, 5.41) is 6.68. The summed E-state index contributed by atoms with van der Waals surface area (Å²) in [5.74, 6) is 1.08. The van der Waals surface area contributed by atoms with Gasteiger partial charge in [-0.15, -0.1) is 0 Å². The molecule has 0 spiro atoms. The zero-order valence-corrected chi connectivity index (χ0v) is 16.3. The van der Waals surface area contributed by atoms with Crippen LogP contribution in [0.4, 0.5) is 4.39 Å². The Kier molecular flexibility index (Phi) is 5.57. The van der Waals surface area contributed by atoms with Gasteiger partial charge >= 0.3 is 0 Å². The number of carbonyl (C=O) groups is 1. The Labute approximate surface area is 173 Å². The molecule has 1 heterocycles. The molecule has 4 aromatic rings. The average molecular weight is 402 g/mol. The molecule has 0 aliphatic heterocycles. The highest BCUT2D eigenvalue weighted by atomic mass is 19.1. The molecule has 1 amide bonds. The molecule has 5 nitrogen and oxygen atoms in total. The van der Waals surface area contributed by atoms with Crippen molar-refractivity contribution in [3.05, 3.63) is 102 Å². The van der Waals surface area contributed by atoms with E-state index in [9.17, 15) is 9.18 Å². The molecule has 0 fully saturated rings. The van der Waals surface area contributed by atoms with Gasteiger partial charge in [-0.2, -0.15) is 0 Å². The van der Waals surface area contributed by atoms with Crippen LogP contribution in [-0.2, 0) is 6.54 Å². The highest BCUT2D eigenvalue weighted by Gasteiger charge is 2.13. The number of hydrogen-bond acceptors (Lipinski definition) is 4. The molecule has 0 unspecified atom stereocenters. The molecule has 1 N–H and O–H groups in total. The molecule has 0 saturated heterocycles. The van der Waals surface area contributed by atoms with Crippen LogP contribution in [0.5, 0.6) is 11.5 Å². The summed E-state index contributed by atoms with van der Waals surface area (Å²) in [6.07, 6.45) is 0. The fourth-order valence-corrected chi connectivity index (χ4v) is 2.82. The number of rotatable bonds is 6. The molecular formula is C24H19FN2O3. The number of aromatic nitrogens is 1. The van der Waals surface area contributed by atoms with Crippen molar-refractivity contribution in [1.29, 1.82) is 0 Å². The van der Waals surface area contributed by atoms with Crippen molar-refractivity contribution in [2.24, 2.45) is 0 Å². The van der Waals surface area contributed by atoms with E-state index in [1.165, 1.54) is 12.1 Å². The third-order valence-electron chi connectivity index (χ3n) is 4.50. The van der Waals surface area contributed by atoms with E-state index in [0.717, 1.165) is 16.7 Å². The van der Waals surface area contributed by atoms with Crippen LogP contribution in [0, 0.1) is 12.7 Å². The van der Waals surface area contributed by atoms with Crippen LogP contribution in [0.15, 0.2) is 83.4 Å². The third kappa shape index (κ3) is 4.72. The minimum atomic E-state index is -0.316. The number of nitrogens with zero attached hydrogens (tertiary/aromatic N) is 1. The maximum atomic E-state index is 13.0. The van der Waals surface area contributed by atoms with Gasteiger partial charge in [0.15, 0.2) is 11.5 Å². The minimum absolute atomic E-state index is 0.224. The predicted molar refractivity (Wildman–Crippen MR) is 111 cm³/mol. The van der Waals surface area contributed by atoms with Gasteiger partial charge in [-0.25, -0.2) is 4.39 Å². The van der Waals surface area contributed by atoms with E-state index >= 15 is 0 Å². The van der Waals surface area contributed by atoms with E-state index in [-0.39, 0.29) is 17.4 Å². The number of carbonyl (C=O) groups excluding carboxylic acids is 1. The summed E-state index contributed by atoms with van der Waals surface area (Å²) in [5.41, 5.74) is 3.13. The van der Waals surface area contributed by atoms with E-state index < -0.39 is 0 Å². The first-order valence-electron chi connectivity index (χ1n) is 9.41. The highest BCUT2D eigenvalue weighted by molar-refractivity contribution is 5.93. The predicted octanol–water partition coefficient (Wildman–Crippen LogP) is 5.51. The number of hydrogen-bond donors (Lipinski definition) is 1. The first-order valence-corrected chi connectivity index (χ1v) is 9.41. The van der Waals surface area contributed by atoms with Crippen molar-refractivity contribution in [2.75, 3.05) is 0 Å². The second-order valence-corrected chi connectivity index (χ2v) is 6.83. The topological polar surface area (TPSA) is 64.4 Å². The lowest BCUT2D eigenvalue weighted by atomic mass is 10.1. The number of amides is 1. The Morgan fingerprint density at radius 2 is 1.60 bits per heavy atom. The second-order valence-electron chi connectivity index (χ2n) is 6.83. The van der Waals surface area contributed by atoms with Gasteiger partial charge in [0.05, 0.1) is 0 Å².